The predicted octanol–water partition coefficient (Wildman–Crippen LogP) is 7.04. The number of aromatic hydroxyl groups is 1. The van der Waals surface area contributed by atoms with Gasteiger partial charge in [-0.15, -0.1) is 0 Å². The van der Waals surface area contributed by atoms with E-state index in [0.717, 1.165) is 16.6 Å². The van der Waals surface area contributed by atoms with E-state index in [4.69, 9.17) is 0 Å². The maximum atomic E-state index is 9.99. The number of hydrogen-bond acceptors (Lipinski definition) is 3. The van der Waals surface area contributed by atoms with E-state index in [2.05, 4.69) is 75.6 Å². The molecule has 4 heteroatoms. The van der Waals surface area contributed by atoms with Gasteiger partial charge in [-0.25, -0.2) is 0 Å². The topological polar surface area (TPSA) is 44.6 Å². The van der Waals surface area contributed by atoms with E-state index < -0.39 is 0 Å². The van der Waals surface area contributed by atoms with Crippen LogP contribution in [0.5, 0.6) is 5.75 Å². The number of aliphatic imine (C=N–C) groups is 1. The van der Waals surface area contributed by atoms with Crippen LogP contribution in [0.15, 0.2) is 82.3 Å². The van der Waals surface area contributed by atoms with Crippen LogP contribution in [0.3, 0.4) is 0 Å². The predicted molar refractivity (Wildman–Crippen MR) is 127 cm³/mol. The number of nitrogens with one attached hydrogen (secondary N) is 1. The van der Waals surface area contributed by atoms with Crippen molar-refractivity contribution >= 4 is 33.5 Å². The summed E-state index contributed by atoms with van der Waals surface area (Å²) in [6.07, 6.45) is 7.49. The van der Waals surface area contributed by atoms with E-state index in [1.54, 1.807) is 12.3 Å². The molecule has 0 saturated heterocycles. The average Bonchev–Trinajstić information content (AvgIpc) is 3.25. The standard InChI is InChI=1S/C26H23BrN2O/c1-16-5-11-24-23(13-16)21-3-2-4-22(21)26(29-24)17-6-9-20(10-7-17)28-15-18-14-19(27)8-12-25(18)30/h2-3,5-15,21-22,26,29-30H,4H2,1H3/t21-,22-,26-/m1/s1. The number of halogens is 1. The SMILES string of the molecule is Cc1ccc2c(c1)[C@@H]1C=CC[C@H]1[C@@H](c1ccc(N=Cc3cc(Br)ccc3O)cc1)N2. The van der Waals surface area contributed by atoms with Gasteiger partial charge in [-0.3, -0.25) is 4.99 Å². The number of aryl methyl sites for hydroxylation is 1. The summed E-state index contributed by atoms with van der Waals surface area (Å²) in [5.74, 6) is 1.23. The highest BCUT2D eigenvalue weighted by Gasteiger charge is 2.37. The molecule has 5 rings (SSSR count). The Morgan fingerprint density at radius 1 is 1.07 bits per heavy atom. The fourth-order valence-electron chi connectivity index (χ4n) is 4.58. The number of phenolic OH excluding ortho intramolecular Hbond substituents is 1. The molecule has 1 heterocycles. The summed E-state index contributed by atoms with van der Waals surface area (Å²) in [7, 11) is 0. The number of rotatable bonds is 3. The van der Waals surface area contributed by atoms with Crippen molar-refractivity contribution in [3.63, 3.8) is 0 Å². The molecule has 0 radical (unpaired) electrons. The number of benzene rings is 3. The van der Waals surface area contributed by atoms with Gasteiger partial charge < -0.3 is 10.4 Å². The van der Waals surface area contributed by atoms with Crippen LogP contribution >= 0.6 is 15.9 Å². The molecule has 0 aromatic heterocycles. The van der Waals surface area contributed by atoms with Crippen molar-refractivity contribution in [1.82, 2.24) is 0 Å². The molecule has 1 aliphatic heterocycles. The third kappa shape index (κ3) is 3.56. The molecular formula is C26H23BrN2O. The van der Waals surface area contributed by atoms with E-state index in [9.17, 15) is 5.11 Å². The van der Waals surface area contributed by atoms with E-state index in [1.807, 2.05) is 24.3 Å². The minimum absolute atomic E-state index is 0.221. The van der Waals surface area contributed by atoms with Crippen molar-refractivity contribution in [3.8, 4) is 5.75 Å². The molecule has 3 atom stereocenters. The minimum Gasteiger partial charge on any atom is -0.507 e. The lowest BCUT2D eigenvalue weighted by atomic mass is 9.76. The van der Waals surface area contributed by atoms with Crippen LogP contribution in [0.25, 0.3) is 0 Å². The molecular weight excluding hydrogens is 436 g/mol. The Morgan fingerprint density at radius 2 is 1.90 bits per heavy atom. The molecule has 30 heavy (non-hydrogen) atoms. The van der Waals surface area contributed by atoms with Crippen molar-refractivity contribution in [1.29, 1.82) is 0 Å². The van der Waals surface area contributed by atoms with E-state index >= 15 is 0 Å². The van der Waals surface area contributed by atoms with Gasteiger partial charge in [0, 0.05) is 27.9 Å². The second-order valence-corrected chi connectivity index (χ2v) is 9.03. The molecule has 0 bridgehead atoms. The maximum absolute atomic E-state index is 9.99. The van der Waals surface area contributed by atoms with Gasteiger partial charge in [0.15, 0.2) is 0 Å². The lowest BCUT2D eigenvalue weighted by Gasteiger charge is -2.37. The molecule has 0 spiro atoms. The Balaban J connectivity index is 1.40. The van der Waals surface area contributed by atoms with Gasteiger partial charge in [0.1, 0.15) is 5.75 Å². The summed E-state index contributed by atoms with van der Waals surface area (Å²) in [6.45, 7) is 2.16. The van der Waals surface area contributed by atoms with Crippen LogP contribution in [0, 0.1) is 12.8 Å². The summed E-state index contributed by atoms with van der Waals surface area (Å²) < 4.78 is 0.913. The first kappa shape index (κ1) is 19.1. The van der Waals surface area contributed by atoms with Gasteiger partial charge in [0.25, 0.3) is 0 Å². The van der Waals surface area contributed by atoms with Crippen molar-refractivity contribution < 1.29 is 5.11 Å². The van der Waals surface area contributed by atoms with Crippen molar-refractivity contribution in [2.75, 3.05) is 5.32 Å². The lowest BCUT2D eigenvalue weighted by molar-refractivity contribution is 0.425. The second kappa shape index (κ2) is 7.77. The van der Waals surface area contributed by atoms with Gasteiger partial charge in [0.05, 0.1) is 11.7 Å². The summed E-state index contributed by atoms with van der Waals surface area (Å²) in [5.41, 5.74) is 6.81. The fourth-order valence-corrected chi connectivity index (χ4v) is 4.96. The van der Waals surface area contributed by atoms with Crippen LogP contribution in [0.4, 0.5) is 11.4 Å². The van der Waals surface area contributed by atoms with Gasteiger partial charge in [0.2, 0.25) is 0 Å². The fraction of sp³-hybridized carbons (Fsp3) is 0.192. The van der Waals surface area contributed by atoms with Crippen LogP contribution < -0.4 is 5.32 Å². The van der Waals surface area contributed by atoms with Crippen LogP contribution in [-0.4, -0.2) is 11.3 Å². The zero-order valence-corrected chi connectivity index (χ0v) is 18.3. The zero-order valence-electron chi connectivity index (χ0n) is 16.7. The Bertz CT molecular complexity index is 1150. The summed E-state index contributed by atoms with van der Waals surface area (Å²) in [6, 6.07) is 20.7. The van der Waals surface area contributed by atoms with Crippen molar-refractivity contribution in [3.05, 3.63) is 99.5 Å². The first-order valence-electron chi connectivity index (χ1n) is 10.2. The van der Waals surface area contributed by atoms with Crippen LogP contribution in [0.1, 0.15) is 40.6 Å². The molecule has 2 aliphatic rings. The average molecular weight is 459 g/mol. The molecule has 150 valence electrons. The Kier molecular flexibility index (Phi) is 4.95. The van der Waals surface area contributed by atoms with E-state index in [-0.39, 0.29) is 11.8 Å². The number of phenols is 1. The highest BCUT2D eigenvalue weighted by molar-refractivity contribution is 9.10. The molecule has 0 amide bonds. The Morgan fingerprint density at radius 3 is 2.73 bits per heavy atom. The molecule has 3 aromatic carbocycles. The molecule has 3 nitrogen and oxygen atoms in total. The van der Waals surface area contributed by atoms with Gasteiger partial charge in [-0.2, -0.15) is 0 Å². The molecule has 1 aliphatic carbocycles. The van der Waals surface area contributed by atoms with Crippen LogP contribution in [-0.2, 0) is 0 Å². The second-order valence-electron chi connectivity index (χ2n) is 8.12. The van der Waals surface area contributed by atoms with Gasteiger partial charge in [-0.05, 0) is 66.8 Å². The van der Waals surface area contributed by atoms with Gasteiger partial charge >= 0.3 is 0 Å². The number of fused-ring (bicyclic) bond motifs is 3. The highest BCUT2D eigenvalue weighted by atomic mass is 79.9. The first-order chi connectivity index (χ1) is 14.6. The van der Waals surface area contributed by atoms with Crippen molar-refractivity contribution in [2.45, 2.75) is 25.3 Å². The summed E-state index contributed by atoms with van der Waals surface area (Å²) >= 11 is 3.43. The Hall–Kier alpha value is -2.85. The monoisotopic (exact) mass is 458 g/mol. The first-order valence-corrected chi connectivity index (χ1v) is 11.0. The molecule has 0 unspecified atom stereocenters. The molecule has 2 N–H and O–H groups in total. The molecule has 0 saturated carbocycles. The molecule has 3 aromatic rings. The number of nitrogens with zero attached hydrogens (tertiary/aromatic N) is 1. The molecule has 0 fully saturated rings. The lowest BCUT2D eigenvalue weighted by Crippen LogP contribution is -2.29. The van der Waals surface area contributed by atoms with Gasteiger partial charge in [-0.1, -0.05) is 57.9 Å². The Labute approximate surface area is 185 Å². The minimum atomic E-state index is 0.221. The quantitative estimate of drug-likeness (QED) is 0.326. The summed E-state index contributed by atoms with van der Waals surface area (Å²) in [4.78, 5) is 4.54. The third-order valence-corrected chi connectivity index (χ3v) is 6.61. The maximum Gasteiger partial charge on any atom is 0.124 e. The van der Waals surface area contributed by atoms with Crippen LogP contribution in [0.2, 0.25) is 0 Å². The third-order valence-electron chi connectivity index (χ3n) is 6.11. The smallest absolute Gasteiger partial charge is 0.124 e. The van der Waals surface area contributed by atoms with E-state index in [0.29, 0.717) is 17.4 Å². The largest absolute Gasteiger partial charge is 0.507 e. The number of anilines is 1. The van der Waals surface area contributed by atoms with E-state index in [1.165, 1.54) is 22.4 Å². The number of allylic oxidation sites excluding steroid dienone is 2. The number of hydrogen-bond donors (Lipinski definition) is 2. The highest BCUT2D eigenvalue weighted by Crippen LogP contribution is 2.50. The van der Waals surface area contributed by atoms with Crippen molar-refractivity contribution in [2.24, 2.45) is 10.9 Å². The summed E-state index contributed by atoms with van der Waals surface area (Å²) in [5, 5.41) is 13.8. The normalized spacial score (nSPS) is 22.0. The zero-order chi connectivity index (χ0) is 20.7.